The average molecular weight is 317 g/mol. The lowest BCUT2D eigenvalue weighted by atomic mass is 10.3. The predicted molar refractivity (Wildman–Crippen MR) is 52.3 cm³/mol. The summed E-state index contributed by atoms with van der Waals surface area (Å²) in [5.74, 6) is -8.83. The van der Waals surface area contributed by atoms with Crippen LogP contribution in [0.2, 0.25) is 0 Å². The fourth-order valence-corrected chi connectivity index (χ4v) is 1.10. The largest absolute Gasteiger partial charge is 0.477 e. The molecular formula is C9H5BrF4O3. The summed E-state index contributed by atoms with van der Waals surface area (Å²) in [4.78, 5) is 9.99. The fourth-order valence-electron chi connectivity index (χ4n) is 0.839. The number of carboxylic acids is 1. The van der Waals surface area contributed by atoms with E-state index >= 15 is 0 Å². The molecule has 0 bridgehead atoms. The van der Waals surface area contributed by atoms with Crippen molar-refractivity contribution in [1.82, 2.24) is 0 Å². The second kappa shape index (κ2) is 4.52. The number of hydrogen-bond acceptors (Lipinski definition) is 2. The maximum Gasteiger partial charge on any atom is 0.476 e. The van der Waals surface area contributed by atoms with Gasteiger partial charge < -0.3 is 9.84 Å². The van der Waals surface area contributed by atoms with Crippen molar-refractivity contribution in [2.24, 2.45) is 0 Å². The van der Waals surface area contributed by atoms with E-state index in [1.165, 1.54) is 12.1 Å². The zero-order valence-electron chi connectivity index (χ0n) is 7.96. The minimum absolute atomic E-state index is 0.526. The third-order valence-corrected chi connectivity index (χ3v) is 2.22. The fraction of sp³-hybridized carbons (Fsp3) is 0.222. The van der Waals surface area contributed by atoms with E-state index in [1.807, 2.05) is 0 Å². The average Bonchev–Trinajstić information content (AvgIpc) is 2.20. The summed E-state index contributed by atoms with van der Waals surface area (Å²) < 4.78 is 55.2. The van der Waals surface area contributed by atoms with Crippen LogP contribution in [0.25, 0.3) is 0 Å². The first-order chi connectivity index (χ1) is 7.67. The first kappa shape index (κ1) is 13.8. The van der Waals surface area contributed by atoms with E-state index in [2.05, 4.69) is 20.7 Å². The van der Waals surface area contributed by atoms with Crippen molar-refractivity contribution < 1.29 is 32.2 Å². The molecule has 0 aliphatic heterocycles. The molecule has 0 saturated heterocycles. The van der Waals surface area contributed by atoms with Gasteiger partial charge in [-0.25, -0.2) is 4.79 Å². The van der Waals surface area contributed by atoms with E-state index in [-0.39, 0.29) is 0 Å². The number of benzene rings is 1. The molecule has 1 aromatic rings. The number of alkyl halides is 4. The lowest BCUT2D eigenvalue weighted by Gasteiger charge is -2.23. The summed E-state index contributed by atoms with van der Waals surface area (Å²) in [5.41, 5.74) is 0. The lowest BCUT2D eigenvalue weighted by molar-refractivity contribution is -0.301. The molecule has 3 nitrogen and oxygen atoms in total. The smallest absolute Gasteiger partial charge is 0.476 e. The highest BCUT2D eigenvalue weighted by molar-refractivity contribution is 9.10. The molecule has 0 radical (unpaired) electrons. The third-order valence-electron chi connectivity index (χ3n) is 1.69. The van der Waals surface area contributed by atoms with Crippen LogP contribution in [-0.2, 0) is 4.79 Å². The molecule has 0 aliphatic rings. The Labute approximate surface area is 101 Å². The van der Waals surface area contributed by atoms with Gasteiger partial charge in [-0.3, -0.25) is 0 Å². The van der Waals surface area contributed by atoms with Crippen molar-refractivity contribution in [3.05, 3.63) is 28.7 Å². The Morgan fingerprint density at radius 3 is 2.06 bits per heavy atom. The van der Waals surface area contributed by atoms with Gasteiger partial charge in [0.2, 0.25) is 0 Å². The number of rotatable bonds is 4. The summed E-state index contributed by atoms with van der Waals surface area (Å²) in [6, 6.07) is 4.56. The van der Waals surface area contributed by atoms with Crippen LogP contribution in [0.3, 0.4) is 0 Å². The van der Waals surface area contributed by atoms with Crippen LogP contribution < -0.4 is 4.74 Å². The van der Waals surface area contributed by atoms with E-state index < -0.39 is 23.7 Å². The minimum atomic E-state index is -5.31. The van der Waals surface area contributed by atoms with Crippen LogP contribution >= 0.6 is 15.9 Å². The van der Waals surface area contributed by atoms with Crippen LogP contribution in [0, 0.1) is 0 Å². The molecule has 1 rings (SSSR count). The summed E-state index contributed by atoms with van der Waals surface area (Å²) in [6.07, 6.45) is -5.13. The third kappa shape index (κ3) is 2.87. The summed E-state index contributed by atoms with van der Waals surface area (Å²) in [5, 5.41) is 7.98. The zero-order chi connectivity index (χ0) is 13.3. The number of ether oxygens (including phenoxy) is 1. The van der Waals surface area contributed by atoms with E-state index in [1.54, 1.807) is 0 Å². The predicted octanol–water partition coefficient (Wildman–Crippen LogP) is 3.14. The number of aliphatic carboxylic acids is 1. The standard InChI is InChI=1S/C9H5BrF4O3/c10-5-1-3-6(4-2-5)17-9(13,14)8(11,12)7(15)16/h1-4H,(H,15,16). The van der Waals surface area contributed by atoms with Gasteiger partial charge in [0.15, 0.2) is 0 Å². The van der Waals surface area contributed by atoms with E-state index in [9.17, 15) is 22.4 Å². The maximum absolute atomic E-state index is 12.9. The maximum atomic E-state index is 12.9. The van der Waals surface area contributed by atoms with Crippen molar-refractivity contribution in [3.63, 3.8) is 0 Å². The summed E-state index contributed by atoms with van der Waals surface area (Å²) >= 11 is 3.00. The number of hydrogen-bond donors (Lipinski definition) is 1. The van der Waals surface area contributed by atoms with Crippen molar-refractivity contribution in [1.29, 1.82) is 0 Å². The van der Waals surface area contributed by atoms with Gasteiger partial charge in [0, 0.05) is 4.47 Å². The monoisotopic (exact) mass is 316 g/mol. The number of halogens is 5. The molecule has 0 amide bonds. The molecular weight excluding hydrogens is 312 g/mol. The van der Waals surface area contributed by atoms with Gasteiger partial charge in [0.1, 0.15) is 5.75 Å². The Hall–Kier alpha value is -1.31. The van der Waals surface area contributed by atoms with Gasteiger partial charge in [0.25, 0.3) is 0 Å². The number of carbonyl (C=O) groups is 1. The Balaban J connectivity index is 2.93. The van der Waals surface area contributed by atoms with Crippen molar-refractivity contribution in [2.75, 3.05) is 0 Å². The van der Waals surface area contributed by atoms with Crippen LogP contribution in [0.4, 0.5) is 17.6 Å². The molecule has 0 fully saturated rings. The van der Waals surface area contributed by atoms with Gasteiger partial charge in [-0.2, -0.15) is 17.6 Å². The first-order valence-corrected chi connectivity index (χ1v) is 4.90. The molecule has 0 saturated carbocycles. The molecule has 0 unspecified atom stereocenters. The Morgan fingerprint density at radius 2 is 1.65 bits per heavy atom. The van der Waals surface area contributed by atoms with E-state index in [4.69, 9.17) is 5.11 Å². The van der Waals surface area contributed by atoms with Crippen LogP contribution in [0.1, 0.15) is 0 Å². The highest BCUT2D eigenvalue weighted by Crippen LogP contribution is 2.36. The van der Waals surface area contributed by atoms with Gasteiger partial charge in [0.05, 0.1) is 0 Å². The van der Waals surface area contributed by atoms with Crippen molar-refractivity contribution in [2.45, 2.75) is 12.0 Å². The van der Waals surface area contributed by atoms with Crippen molar-refractivity contribution >= 4 is 21.9 Å². The highest BCUT2D eigenvalue weighted by atomic mass is 79.9. The summed E-state index contributed by atoms with van der Waals surface area (Å²) in [6.45, 7) is 0. The molecule has 1 aromatic carbocycles. The molecule has 17 heavy (non-hydrogen) atoms. The molecule has 94 valence electrons. The highest BCUT2D eigenvalue weighted by Gasteiger charge is 2.65. The molecule has 1 N–H and O–H groups in total. The topological polar surface area (TPSA) is 46.5 Å². The minimum Gasteiger partial charge on any atom is -0.477 e. The molecule has 0 spiro atoms. The first-order valence-electron chi connectivity index (χ1n) is 4.10. The normalized spacial score (nSPS) is 12.3. The quantitative estimate of drug-likeness (QED) is 0.868. The Bertz CT molecular complexity index is 419. The van der Waals surface area contributed by atoms with E-state index in [0.29, 0.717) is 4.47 Å². The number of carboxylic acid groups (broad SMARTS) is 1. The van der Waals surface area contributed by atoms with Crippen LogP contribution in [-0.4, -0.2) is 23.1 Å². The molecule has 0 aromatic heterocycles. The van der Waals surface area contributed by atoms with Crippen LogP contribution in [0.15, 0.2) is 28.7 Å². The van der Waals surface area contributed by atoms with Crippen molar-refractivity contribution in [3.8, 4) is 5.75 Å². The molecule has 0 heterocycles. The zero-order valence-corrected chi connectivity index (χ0v) is 9.55. The van der Waals surface area contributed by atoms with Crippen LogP contribution in [0.5, 0.6) is 5.75 Å². The van der Waals surface area contributed by atoms with E-state index in [0.717, 1.165) is 12.1 Å². The second-order valence-electron chi connectivity index (χ2n) is 2.95. The van der Waals surface area contributed by atoms with Gasteiger partial charge in [-0.05, 0) is 24.3 Å². The van der Waals surface area contributed by atoms with Gasteiger partial charge >= 0.3 is 18.0 Å². The SMILES string of the molecule is O=C(O)C(F)(F)C(F)(F)Oc1ccc(Br)cc1. The molecule has 8 heteroatoms. The summed E-state index contributed by atoms with van der Waals surface area (Å²) in [7, 11) is 0. The Kier molecular flexibility index (Phi) is 3.65. The Morgan fingerprint density at radius 1 is 1.18 bits per heavy atom. The molecule has 0 atom stereocenters. The lowest BCUT2D eigenvalue weighted by Crippen LogP contribution is -2.50. The van der Waals surface area contributed by atoms with Gasteiger partial charge in [-0.1, -0.05) is 15.9 Å². The van der Waals surface area contributed by atoms with Gasteiger partial charge in [-0.15, -0.1) is 0 Å². The second-order valence-corrected chi connectivity index (χ2v) is 3.87. The molecule has 0 aliphatic carbocycles.